The molecule has 27 heavy (non-hydrogen) atoms. The van der Waals surface area contributed by atoms with Gasteiger partial charge in [-0.2, -0.15) is 0 Å². The van der Waals surface area contributed by atoms with Crippen LogP contribution in [0.1, 0.15) is 57.8 Å². The first-order valence-electron chi connectivity index (χ1n) is 10.9. The van der Waals surface area contributed by atoms with E-state index in [4.69, 9.17) is 9.47 Å². The Morgan fingerprint density at radius 2 is 1.19 bits per heavy atom. The Labute approximate surface area is 161 Å². The molecular formula is C21H32N2O4. The molecule has 2 atom stereocenters. The van der Waals surface area contributed by atoms with Crippen LogP contribution in [0.3, 0.4) is 0 Å². The van der Waals surface area contributed by atoms with Crippen LogP contribution in [0.15, 0.2) is 0 Å². The van der Waals surface area contributed by atoms with Crippen LogP contribution in [-0.4, -0.2) is 72.2 Å². The van der Waals surface area contributed by atoms with Crippen molar-refractivity contribution < 1.29 is 19.1 Å². The summed E-state index contributed by atoms with van der Waals surface area (Å²) in [5, 5.41) is 0. The lowest BCUT2D eigenvalue weighted by atomic mass is 9.74. The van der Waals surface area contributed by atoms with Crippen LogP contribution in [0.5, 0.6) is 0 Å². The summed E-state index contributed by atoms with van der Waals surface area (Å²) >= 11 is 0. The summed E-state index contributed by atoms with van der Waals surface area (Å²) in [4.78, 5) is 30.8. The normalized spacial score (nSPS) is 34.4. The summed E-state index contributed by atoms with van der Waals surface area (Å²) in [7, 11) is 0. The minimum atomic E-state index is -0.0301. The molecule has 5 rings (SSSR count). The lowest BCUT2D eigenvalue weighted by Crippen LogP contribution is -2.64. The molecule has 3 aliphatic carbocycles. The Balaban J connectivity index is 1.24. The molecule has 0 bridgehead atoms. The van der Waals surface area contributed by atoms with Gasteiger partial charge in [0.1, 0.15) is 0 Å². The van der Waals surface area contributed by atoms with E-state index in [1.165, 1.54) is 12.8 Å². The van der Waals surface area contributed by atoms with Gasteiger partial charge in [0.15, 0.2) is 0 Å². The van der Waals surface area contributed by atoms with E-state index in [-0.39, 0.29) is 34.7 Å². The number of morpholine rings is 2. The van der Waals surface area contributed by atoms with Crippen LogP contribution >= 0.6 is 0 Å². The maximum absolute atomic E-state index is 13.3. The van der Waals surface area contributed by atoms with Crippen molar-refractivity contribution in [3.8, 4) is 0 Å². The molecule has 0 radical (unpaired) electrons. The maximum Gasteiger partial charge on any atom is 0.226 e. The maximum atomic E-state index is 13.3. The van der Waals surface area contributed by atoms with Gasteiger partial charge >= 0.3 is 0 Å². The van der Waals surface area contributed by atoms with E-state index >= 15 is 0 Å². The average Bonchev–Trinajstić information content (AvgIpc) is 3.14. The summed E-state index contributed by atoms with van der Waals surface area (Å²) in [6.07, 6.45) is 9.14. The first-order valence-corrected chi connectivity index (χ1v) is 10.9. The van der Waals surface area contributed by atoms with Gasteiger partial charge < -0.3 is 19.3 Å². The molecule has 2 heterocycles. The van der Waals surface area contributed by atoms with Gasteiger partial charge in [-0.05, 0) is 57.8 Å². The Bertz CT molecular complexity index is 561. The smallest absolute Gasteiger partial charge is 0.226 e. The average molecular weight is 376 g/mol. The SMILES string of the molecule is O=C([C@@H]1CC[C@H](C(=O)N2CCOCC23CCC3)C1)N1CCOCC12CCC2. The fourth-order valence-corrected chi connectivity index (χ4v) is 6.02. The van der Waals surface area contributed by atoms with E-state index in [1.54, 1.807) is 0 Å². The summed E-state index contributed by atoms with van der Waals surface area (Å²) in [5.74, 6) is 0.614. The van der Waals surface area contributed by atoms with Crippen molar-refractivity contribution in [1.29, 1.82) is 0 Å². The summed E-state index contributed by atoms with van der Waals surface area (Å²) in [6.45, 7) is 4.15. The Kier molecular flexibility index (Phi) is 4.47. The van der Waals surface area contributed by atoms with Crippen LogP contribution in [0.25, 0.3) is 0 Å². The second kappa shape index (κ2) is 6.73. The Hall–Kier alpha value is -1.14. The third kappa shape index (κ3) is 2.82. The standard InChI is InChI=1S/C21H32N2O4/c24-18(22-9-11-26-14-20(22)5-1-6-20)16-3-4-17(13-16)19(25)23-10-12-27-15-21(23)7-2-8-21/h16-17H,1-15H2/t16-,17+. The molecule has 5 fully saturated rings. The van der Waals surface area contributed by atoms with E-state index in [2.05, 4.69) is 9.80 Å². The topological polar surface area (TPSA) is 59.1 Å². The van der Waals surface area contributed by atoms with Gasteiger partial charge in [0, 0.05) is 24.9 Å². The highest BCUT2D eigenvalue weighted by molar-refractivity contribution is 5.84. The molecule has 6 heteroatoms. The number of carbonyl (C=O) groups is 2. The third-order valence-electron chi connectivity index (χ3n) is 8.04. The zero-order chi connectivity index (χ0) is 18.5. The summed E-state index contributed by atoms with van der Waals surface area (Å²) < 4.78 is 11.4. The van der Waals surface area contributed by atoms with Gasteiger partial charge in [0.05, 0.1) is 37.5 Å². The van der Waals surface area contributed by atoms with Crippen molar-refractivity contribution in [2.45, 2.75) is 68.9 Å². The first-order chi connectivity index (χ1) is 13.1. The molecule has 0 aromatic rings. The number of amides is 2. The lowest BCUT2D eigenvalue weighted by molar-refractivity contribution is -0.164. The molecule has 5 aliphatic rings. The number of carbonyl (C=O) groups excluding carboxylic acids is 2. The molecule has 2 aliphatic heterocycles. The van der Waals surface area contributed by atoms with Gasteiger partial charge in [-0.3, -0.25) is 9.59 Å². The first kappa shape index (κ1) is 17.9. The molecule has 6 nitrogen and oxygen atoms in total. The van der Waals surface area contributed by atoms with Crippen LogP contribution < -0.4 is 0 Å². The van der Waals surface area contributed by atoms with E-state index in [9.17, 15) is 9.59 Å². The van der Waals surface area contributed by atoms with Crippen molar-refractivity contribution >= 4 is 11.8 Å². The Morgan fingerprint density at radius 1 is 0.741 bits per heavy atom. The second-order valence-electron chi connectivity index (χ2n) is 9.45. The van der Waals surface area contributed by atoms with Gasteiger partial charge in [0.2, 0.25) is 11.8 Å². The number of hydrogen-bond donors (Lipinski definition) is 0. The minimum absolute atomic E-state index is 0.0212. The van der Waals surface area contributed by atoms with E-state index in [1.807, 2.05) is 0 Å². The highest BCUT2D eigenvalue weighted by atomic mass is 16.5. The van der Waals surface area contributed by atoms with Crippen molar-refractivity contribution in [3.05, 3.63) is 0 Å². The number of rotatable bonds is 2. The van der Waals surface area contributed by atoms with Crippen LogP contribution in [0.4, 0.5) is 0 Å². The van der Waals surface area contributed by atoms with Crippen molar-refractivity contribution in [1.82, 2.24) is 9.80 Å². The minimum Gasteiger partial charge on any atom is -0.377 e. The second-order valence-corrected chi connectivity index (χ2v) is 9.45. The fourth-order valence-electron chi connectivity index (χ4n) is 6.02. The highest BCUT2D eigenvalue weighted by Gasteiger charge is 2.51. The van der Waals surface area contributed by atoms with Gasteiger partial charge in [-0.25, -0.2) is 0 Å². The third-order valence-corrected chi connectivity index (χ3v) is 8.04. The van der Waals surface area contributed by atoms with Crippen LogP contribution in [0, 0.1) is 11.8 Å². The number of hydrogen-bond acceptors (Lipinski definition) is 4. The predicted octanol–water partition coefficient (Wildman–Crippen LogP) is 1.97. The molecule has 150 valence electrons. The number of ether oxygens (including phenoxy) is 2. The van der Waals surface area contributed by atoms with E-state index in [0.717, 1.165) is 58.0 Å². The predicted molar refractivity (Wildman–Crippen MR) is 99.1 cm³/mol. The molecule has 0 aromatic carbocycles. The monoisotopic (exact) mass is 376 g/mol. The zero-order valence-corrected chi connectivity index (χ0v) is 16.3. The molecule has 2 saturated heterocycles. The van der Waals surface area contributed by atoms with Gasteiger partial charge in [-0.15, -0.1) is 0 Å². The molecular weight excluding hydrogens is 344 g/mol. The summed E-state index contributed by atoms with van der Waals surface area (Å²) in [6, 6.07) is 0. The lowest BCUT2D eigenvalue weighted by Gasteiger charge is -2.53. The highest BCUT2D eigenvalue weighted by Crippen LogP contribution is 2.45. The summed E-state index contributed by atoms with van der Waals surface area (Å²) in [5.41, 5.74) is -0.0603. The van der Waals surface area contributed by atoms with Crippen molar-refractivity contribution in [3.63, 3.8) is 0 Å². The molecule has 0 aromatic heterocycles. The van der Waals surface area contributed by atoms with Gasteiger partial charge in [-0.1, -0.05) is 0 Å². The van der Waals surface area contributed by atoms with Crippen molar-refractivity contribution in [2.24, 2.45) is 11.8 Å². The van der Waals surface area contributed by atoms with Crippen molar-refractivity contribution in [2.75, 3.05) is 39.5 Å². The molecule has 3 saturated carbocycles. The molecule has 2 amide bonds. The molecule has 0 unspecified atom stereocenters. The molecule has 2 spiro atoms. The van der Waals surface area contributed by atoms with Crippen LogP contribution in [-0.2, 0) is 19.1 Å². The van der Waals surface area contributed by atoms with Crippen LogP contribution in [0.2, 0.25) is 0 Å². The van der Waals surface area contributed by atoms with E-state index in [0.29, 0.717) is 26.4 Å². The molecule has 0 N–H and O–H groups in total. The van der Waals surface area contributed by atoms with Gasteiger partial charge in [0.25, 0.3) is 0 Å². The Morgan fingerprint density at radius 3 is 1.56 bits per heavy atom. The number of nitrogens with zero attached hydrogens (tertiary/aromatic N) is 2. The van der Waals surface area contributed by atoms with E-state index < -0.39 is 0 Å². The fraction of sp³-hybridized carbons (Fsp3) is 0.905. The largest absolute Gasteiger partial charge is 0.377 e. The quantitative estimate of drug-likeness (QED) is 0.739. The zero-order valence-electron chi connectivity index (χ0n) is 16.3.